The summed E-state index contributed by atoms with van der Waals surface area (Å²) >= 11 is 0. The van der Waals surface area contributed by atoms with Crippen LogP contribution in [0.25, 0.3) is 0 Å². The fourth-order valence-electron chi connectivity index (χ4n) is 1.36. The summed E-state index contributed by atoms with van der Waals surface area (Å²) in [6.45, 7) is 0. The van der Waals surface area contributed by atoms with Gasteiger partial charge in [-0.2, -0.15) is 0 Å². The minimum atomic E-state index is 0.149. The Morgan fingerprint density at radius 1 is 1.33 bits per heavy atom. The van der Waals surface area contributed by atoms with Gasteiger partial charge < -0.3 is 10.5 Å². The van der Waals surface area contributed by atoms with Crippen LogP contribution in [0.2, 0.25) is 0 Å². The Labute approximate surface area is 55.4 Å². The van der Waals surface area contributed by atoms with E-state index in [0.29, 0.717) is 0 Å². The molecule has 0 aromatic carbocycles. The van der Waals surface area contributed by atoms with Crippen LogP contribution < -0.4 is 5.73 Å². The van der Waals surface area contributed by atoms with Crippen molar-refractivity contribution in [2.75, 3.05) is 0 Å². The smallest absolute Gasteiger partial charge is 0.124 e. The van der Waals surface area contributed by atoms with Crippen molar-refractivity contribution in [3.05, 3.63) is 0 Å². The van der Waals surface area contributed by atoms with Crippen molar-refractivity contribution in [3.8, 4) is 0 Å². The van der Waals surface area contributed by atoms with E-state index in [1.165, 1.54) is 12.8 Å². The van der Waals surface area contributed by atoms with Crippen LogP contribution in [0.4, 0.5) is 0 Å². The highest BCUT2D eigenvalue weighted by Crippen LogP contribution is 2.20. The third-order valence-corrected chi connectivity index (χ3v) is 2.05. The average molecular weight is 127 g/mol. The first-order valence-corrected chi connectivity index (χ1v) is 3.55. The molecule has 52 valence electrons. The lowest BCUT2D eigenvalue weighted by Crippen LogP contribution is -2.33. The van der Waals surface area contributed by atoms with Crippen molar-refractivity contribution in [3.63, 3.8) is 0 Å². The Hall–Kier alpha value is -0.370. The van der Waals surface area contributed by atoms with Gasteiger partial charge in [-0.3, -0.25) is 0 Å². The van der Waals surface area contributed by atoms with E-state index in [1.807, 2.05) is 0 Å². The molecule has 0 radical (unpaired) electrons. The van der Waals surface area contributed by atoms with Gasteiger partial charge in [0, 0.05) is 12.0 Å². The number of carbonyl (C=O) groups is 1. The number of aldehydes is 1. The lowest BCUT2D eigenvalue weighted by molar-refractivity contribution is -0.112. The monoisotopic (exact) mass is 127 g/mol. The van der Waals surface area contributed by atoms with E-state index in [2.05, 4.69) is 0 Å². The zero-order valence-corrected chi connectivity index (χ0v) is 5.55. The fraction of sp³-hybridized carbons (Fsp3) is 0.857. The number of carbonyl (C=O) groups excluding carboxylic acids is 1. The Morgan fingerprint density at radius 2 is 2.00 bits per heavy atom. The summed E-state index contributed by atoms with van der Waals surface area (Å²) in [5, 5.41) is 0. The molecule has 0 amide bonds. The lowest BCUT2D eigenvalue weighted by atomic mass is 9.86. The SMILES string of the molecule is N[C@@H]1CCCC[C@@H]1C=O. The predicted molar refractivity (Wildman–Crippen MR) is 36.0 cm³/mol. The van der Waals surface area contributed by atoms with Gasteiger partial charge in [0.2, 0.25) is 0 Å². The molecule has 0 heterocycles. The zero-order chi connectivity index (χ0) is 6.69. The van der Waals surface area contributed by atoms with Crippen LogP contribution in [-0.2, 0) is 4.79 Å². The molecule has 0 saturated heterocycles. The van der Waals surface area contributed by atoms with Crippen molar-refractivity contribution in [1.82, 2.24) is 0 Å². The molecule has 1 aliphatic carbocycles. The molecule has 1 rings (SSSR count). The molecule has 1 aliphatic rings. The van der Waals surface area contributed by atoms with Crippen molar-refractivity contribution in [1.29, 1.82) is 0 Å². The molecule has 0 aromatic rings. The molecule has 2 heteroatoms. The van der Waals surface area contributed by atoms with Crippen LogP contribution in [0.1, 0.15) is 25.7 Å². The van der Waals surface area contributed by atoms with E-state index in [4.69, 9.17) is 5.73 Å². The number of hydrogen-bond donors (Lipinski definition) is 1. The fourth-order valence-corrected chi connectivity index (χ4v) is 1.36. The second kappa shape index (κ2) is 2.97. The molecule has 9 heavy (non-hydrogen) atoms. The molecule has 0 aromatic heterocycles. The topological polar surface area (TPSA) is 43.1 Å². The van der Waals surface area contributed by atoms with Crippen LogP contribution in [0.3, 0.4) is 0 Å². The number of rotatable bonds is 1. The van der Waals surface area contributed by atoms with Gasteiger partial charge in [-0.05, 0) is 12.8 Å². The summed E-state index contributed by atoms with van der Waals surface area (Å²) in [5.74, 6) is 0.152. The third kappa shape index (κ3) is 1.52. The number of nitrogens with two attached hydrogens (primary N) is 1. The van der Waals surface area contributed by atoms with Gasteiger partial charge in [0.15, 0.2) is 0 Å². The molecular formula is C7H13NO. The maximum Gasteiger partial charge on any atom is 0.124 e. The summed E-state index contributed by atoms with van der Waals surface area (Å²) in [6, 6.07) is 0.149. The molecule has 2 N–H and O–H groups in total. The van der Waals surface area contributed by atoms with Crippen LogP contribution >= 0.6 is 0 Å². The van der Waals surface area contributed by atoms with Crippen molar-refractivity contribution in [2.24, 2.45) is 11.7 Å². The normalized spacial score (nSPS) is 36.1. The predicted octanol–water partition coefficient (Wildman–Crippen LogP) is 0.703. The summed E-state index contributed by atoms with van der Waals surface area (Å²) in [7, 11) is 0. The van der Waals surface area contributed by atoms with Gasteiger partial charge >= 0.3 is 0 Å². The quantitative estimate of drug-likeness (QED) is 0.527. The highest BCUT2D eigenvalue weighted by Gasteiger charge is 2.20. The maximum absolute atomic E-state index is 10.3. The van der Waals surface area contributed by atoms with Crippen LogP contribution in [0.15, 0.2) is 0 Å². The van der Waals surface area contributed by atoms with E-state index >= 15 is 0 Å². The number of hydrogen-bond acceptors (Lipinski definition) is 2. The first kappa shape index (κ1) is 6.75. The summed E-state index contributed by atoms with van der Waals surface area (Å²) in [6.07, 6.45) is 5.42. The Bertz CT molecular complexity index is 103. The minimum absolute atomic E-state index is 0.149. The molecule has 0 aliphatic heterocycles. The molecule has 1 saturated carbocycles. The van der Waals surface area contributed by atoms with Gasteiger partial charge in [-0.1, -0.05) is 12.8 Å². The zero-order valence-electron chi connectivity index (χ0n) is 5.55. The van der Waals surface area contributed by atoms with Crippen LogP contribution in [0, 0.1) is 5.92 Å². The van der Waals surface area contributed by atoms with E-state index in [0.717, 1.165) is 19.1 Å². The standard InChI is InChI=1S/C7H13NO/c8-7-4-2-1-3-6(7)5-9/h5-7H,1-4,8H2/t6-,7-/m1/s1. The molecule has 2 atom stereocenters. The lowest BCUT2D eigenvalue weighted by Gasteiger charge is -2.23. The van der Waals surface area contributed by atoms with Crippen molar-refractivity contribution < 1.29 is 4.79 Å². The van der Waals surface area contributed by atoms with Gasteiger partial charge in [0.05, 0.1) is 0 Å². The summed E-state index contributed by atoms with van der Waals surface area (Å²) in [5.41, 5.74) is 5.66. The third-order valence-electron chi connectivity index (χ3n) is 2.05. The van der Waals surface area contributed by atoms with Crippen molar-refractivity contribution >= 4 is 6.29 Å². The van der Waals surface area contributed by atoms with Gasteiger partial charge in [-0.25, -0.2) is 0 Å². The highest BCUT2D eigenvalue weighted by atomic mass is 16.1. The molecule has 0 unspecified atom stereocenters. The largest absolute Gasteiger partial charge is 0.327 e. The molecule has 0 bridgehead atoms. The molecule has 0 spiro atoms. The Morgan fingerprint density at radius 3 is 2.44 bits per heavy atom. The molecule has 1 fully saturated rings. The Kier molecular flexibility index (Phi) is 2.22. The minimum Gasteiger partial charge on any atom is -0.327 e. The van der Waals surface area contributed by atoms with E-state index in [1.54, 1.807) is 0 Å². The highest BCUT2D eigenvalue weighted by molar-refractivity contribution is 5.54. The van der Waals surface area contributed by atoms with Crippen LogP contribution in [0.5, 0.6) is 0 Å². The van der Waals surface area contributed by atoms with Gasteiger partial charge in [0.25, 0.3) is 0 Å². The maximum atomic E-state index is 10.3. The van der Waals surface area contributed by atoms with Gasteiger partial charge in [0.1, 0.15) is 6.29 Å². The Balaban J connectivity index is 2.38. The summed E-state index contributed by atoms with van der Waals surface area (Å²) < 4.78 is 0. The second-order valence-corrected chi connectivity index (χ2v) is 2.75. The van der Waals surface area contributed by atoms with E-state index in [-0.39, 0.29) is 12.0 Å². The average Bonchev–Trinajstić information content (AvgIpc) is 1.89. The second-order valence-electron chi connectivity index (χ2n) is 2.75. The summed E-state index contributed by atoms with van der Waals surface area (Å²) in [4.78, 5) is 10.3. The molecular weight excluding hydrogens is 114 g/mol. The first-order valence-electron chi connectivity index (χ1n) is 3.55. The molecule has 2 nitrogen and oxygen atoms in total. The van der Waals surface area contributed by atoms with E-state index < -0.39 is 0 Å². The van der Waals surface area contributed by atoms with Crippen molar-refractivity contribution in [2.45, 2.75) is 31.7 Å². The van der Waals surface area contributed by atoms with Crippen LogP contribution in [-0.4, -0.2) is 12.3 Å². The van der Waals surface area contributed by atoms with E-state index in [9.17, 15) is 4.79 Å². The first-order chi connectivity index (χ1) is 4.34. The van der Waals surface area contributed by atoms with Gasteiger partial charge in [-0.15, -0.1) is 0 Å².